The van der Waals surface area contributed by atoms with E-state index in [2.05, 4.69) is 5.32 Å². The topological polar surface area (TPSA) is 34.4 Å². The van der Waals surface area contributed by atoms with E-state index in [0.29, 0.717) is 18.8 Å². The van der Waals surface area contributed by atoms with Gasteiger partial charge < -0.3 is 14.5 Å². The predicted molar refractivity (Wildman–Crippen MR) is 69.1 cm³/mol. The van der Waals surface area contributed by atoms with Crippen molar-refractivity contribution >= 4 is 11.0 Å². The molecule has 18 heavy (non-hydrogen) atoms. The van der Waals surface area contributed by atoms with Gasteiger partial charge in [0.1, 0.15) is 17.2 Å². The van der Waals surface area contributed by atoms with Crippen molar-refractivity contribution in [2.75, 3.05) is 19.8 Å². The van der Waals surface area contributed by atoms with Crippen molar-refractivity contribution in [3.05, 3.63) is 35.8 Å². The first-order chi connectivity index (χ1) is 8.74. The van der Waals surface area contributed by atoms with Crippen molar-refractivity contribution in [1.82, 2.24) is 5.32 Å². The van der Waals surface area contributed by atoms with Crippen LogP contribution < -0.4 is 5.32 Å². The fourth-order valence-corrected chi connectivity index (χ4v) is 1.93. The van der Waals surface area contributed by atoms with Crippen LogP contribution in [0, 0.1) is 5.82 Å². The summed E-state index contributed by atoms with van der Waals surface area (Å²) in [6.45, 7) is 6.02. The fourth-order valence-electron chi connectivity index (χ4n) is 1.93. The highest BCUT2D eigenvalue weighted by atomic mass is 19.1. The SMILES string of the molecule is CCNC(COCC)c1cc2cc(F)ccc2o1. The van der Waals surface area contributed by atoms with E-state index in [-0.39, 0.29) is 11.9 Å². The number of nitrogens with one attached hydrogen (secondary N) is 1. The Morgan fingerprint density at radius 1 is 1.33 bits per heavy atom. The average molecular weight is 251 g/mol. The van der Waals surface area contributed by atoms with Crippen LogP contribution in [-0.2, 0) is 4.74 Å². The van der Waals surface area contributed by atoms with Gasteiger partial charge in [0, 0.05) is 12.0 Å². The van der Waals surface area contributed by atoms with Crippen molar-refractivity contribution in [2.45, 2.75) is 19.9 Å². The van der Waals surface area contributed by atoms with E-state index in [4.69, 9.17) is 9.15 Å². The largest absolute Gasteiger partial charge is 0.459 e. The summed E-state index contributed by atoms with van der Waals surface area (Å²) in [5.74, 6) is 0.533. The van der Waals surface area contributed by atoms with E-state index in [1.807, 2.05) is 19.9 Å². The van der Waals surface area contributed by atoms with E-state index in [0.717, 1.165) is 17.7 Å². The molecule has 1 aromatic heterocycles. The number of fused-ring (bicyclic) bond motifs is 1. The van der Waals surface area contributed by atoms with Crippen LogP contribution in [-0.4, -0.2) is 19.8 Å². The molecule has 1 aromatic carbocycles. The molecule has 4 heteroatoms. The summed E-state index contributed by atoms with van der Waals surface area (Å²) < 4.78 is 24.3. The summed E-state index contributed by atoms with van der Waals surface area (Å²) in [7, 11) is 0. The molecule has 0 spiro atoms. The minimum atomic E-state index is -0.250. The van der Waals surface area contributed by atoms with E-state index in [9.17, 15) is 4.39 Å². The minimum Gasteiger partial charge on any atom is -0.459 e. The normalized spacial score (nSPS) is 13.1. The van der Waals surface area contributed by atoms with Crippen LogP contribution in [0.1, 0.15) is 25.6 Å². The van der Waals surface area contributed by atoms with Crippen LogP contribution in [0.2, 0.25) is 0 Å². The predicted octanol–water partition coefficient (Wildman–Crippen LogP) is 3.26. The van der Waals surface area contributed by atoms with E-state index in [1.54, 1.807) is 6.07 Å². The van der Waals surface area contributed by atoms with Crippen LogP contribution in [0.3, 0.4) is 0 Å². The van der Waals surface area contributed by atoms with Crippen LogP contribution in [0.15, 0.2) is 28.7 Å². The summed E-state index contributed by atoms with van der Waals surface area (Å²) in [4.78, 5) is 0. The number of hydrogen-bond acceptors (Lipinski definition) is 3. The Hall–Kier alpha value is -1.39. The highest BCUT2D eigenvalue weighted by Crippen LogP contribution is 2.24. The summed E-state index contributed by atoms with van der Waals surface area (Å²) in [6.07, 6.45) is 0. The van der Waals surface area contributed by atoms with E-state index < -0.39 is 0 Å². The second kappa shape index (κ2) is 5.98. The summed E-state index contributed by atoms with van der Waals surface area (Å²) in [5.41, 5.74) is 0.700. The standard InChI is InChI=1S/C14H18FNO2/c1-3-16-12(9-17-4-2)14-8-10-7-11(15)5-6-13(10)18-14/h5-8,12,16H,3-4,9H2,1-2H3. The zero-order valence-corrected chi connectivity index (χ0v) is 10.7. The lowest BCUT2D eigenvalue weighted by molar-refractivity contribution is 0.117. The number of ether oxygens (including phenoxy) is 1. The van der Waals surface area contributed by atoms with E-state index in [1.165, 1.54) is 12.1 Å². The lowest BCUT2D eigenvalue weighted by atomic mass is 10.2. The molecular weight excluding hydrogens is 233 g/mol. The van der Waals surface area contributed by atoms with Gasteiger partial charge in [0.05, 0.1) is 12.6 Å². The minimum absolute atomic E-state index is 0.00501. The maximum absolute atomic E-state index is 13.1. The van der Waals surface area contributed by atoms with Gasteiger partial charge in [-0.25, -0.2) is 4.39 Å². The molecule has 1 atom stereocenters. The van der Waals surface area contributed by atoms with Crippen molar-refractivity contribution < 1.29 is 13.5 Å². The molecule has 1 unspecified atom stereocenters. The molecular formula is C14H18FNO2. The Morgan fingerprint density at radius 2 is 2.17 bits per heavy atom. The van der Waals surface area contributed by atoms with Gasteiger partial charge in [-0.1, -0.05) is 6.92 Å². The lowest BCUT2D eigenvalue weighted by Crippen LogP contribution is -2.24. The maximum atomic E-state index is 13.1. The molecule has 0 aliphatic rings. The zero-order valence-electron chi connectivity index (χ0n) is 10.7. The molecule has 1 heterocycles. The van der Waals surface area contributed by atoms with E-state index >= 15 is 0 Å². The quantitative estimate of drug-likeness (QED) is 0.855. The molecule has 98 valence electrons. The third kappa shape index (κ3) is 2.89. The van der Waals surface area contributed by atoms with Crippen molar-refractivity contribution in [1.29, 1.82) is 0 Å². The van der Waals surface area contributed by atoms with Gasteiger partial charge in [0.2, 0.25) is 0 Å². The number of likely N-dealkylation sites (N-methyl/N-ethyl adjacent to an activating group) is 1. The number of halogens is 1. The molecule has 1 N–H and O–H groups in total. The summed E-state index contributed by atoms with van der Waals surface area (Å²) >= 11 is 0. The van der Waals surface area contributed by atoms with Crippen LogP contribution >= 0.6 is 0 Å². The second-order valence-corrected chi connectivity index (χ2v) is 4.10. The maximum Gasteiger partial charge on any atom is 0.134 e. The fraction of sp³-hybridized carbons (Fsp3) is 0.429. The van der Waals surface area contributed by atoms with Gasteiger partial charge in [-0.05, 0) is 37.7 Å². The first kappa shape index (κ1) is 13.1. The number of hydrogen-bond donors (Lipinski definition) is 1. The number of furan rings is 1. The van der Waals surface area contributed by atoms with Crippen LogP contribution in [0.4, 0.5) is 4.39 Å². The Morgan fingerprint density at radius 3 is 2.89 bits per heavy atom. The van der Waals surface area contributed by atoms with Crippen LogP contribution in [0.25, 0.3) is 11.0 Å². The molecule has 0 bridgehead atoms. The molecule has 0 amide bonds. The van der Waals surface area contributed by atoms with Gasteiger partial charge in [0.25, 0.3) is 0 Å². The van der Waals surface area contributed by atoms with Crippen molar-refractivity contribution in [3.8, 4) is 0 Å². The Bertz CT molecular complexity index is 509. The molecule has 0 saturated heterocycles. The molecule has 0 aliphatic heterocycles. The Labute approximate surface area is 106 Å². The van der Waals surface area contributed by atoms with Gasteiger partial charge in [-0.15, -0.1) is 0 Å². The van der Waals surface area contributed by atoms with Crippen molar-refractivity contribution in [2.24, 2.45) is 0 Å². The highest BCUT2D eigenvalue weighted by Gasteiger charge is 2.15. The van der Waals surface area contributed by atoms with Gasteiger partial charge in [-0.3, -0.25) is 0 Å². The van der Waals surface area contributed by atoms with Crippen molar-refractivity contribution in [3.63, 3.8) is 0 Å². The van der Waals surface area contributed by atoms with Gasteiger partial charge in [0.15, 0.2) is 0 Å². The molecule has 3 nitrogen and oxygen atoms in total. The molecule has 0 aliphatic carbocycles. The molecule has 0 fully saturated rings. The second-order valence-electron chi connectivity index (χ2n) is 4.10. The smallest absolute Gasteiger partial charge is 0.134 e. The molecule has 0 saturated carbocycles. The third-order valence-corrected chi connectivity index (χ3v) is 2.78. The van der Waals surface area contributed by atoms with Gasteiger partial charge >= 0.3 is 0 Å². The molecule has 2 rings (SSSR count). The summed E-state index contributed by atoms with van der Waals surface area (Å²) in [5, 5.41) is 4.08. The number of benzene rings is 1. The zero-order chi connectivity index (χ0) is 13.0. The Kier molecular flexibility index (Phi) is 4.33. The third-order valence-electron chi connectivity index (χ3n) is 2.78. The summed E-state index contributed by atoms with van der Waals surface area (Å²) in [6, 6.07) is 6.40. The lowest BCUT2D eigenvalue weighted by Gasteiger charge is -2.14. The monoisotopic (exact) mass is 251 g/mol. The average Bonchev–Trinajstić information content (AvgIpc) is 2.77. The Balaban J connectivity index is 2.26. The molecule has 0 radical (unpaired) electrons. The molecule has 2 aromatic rings. The first-order valence-corrected chi connectivity index (χ1v) is 6.24. The van der Waals surface area contributed by atoms with Gasteiger partial charge in [-0.2, -0.15) is 0 Å². The first-order valence-electron chi connectivity index (χ1n) is 6.24. The van der Waals surface area contributed by atoms with Crippen LogP contribution in [0.5, 0.6) is 0 Å². The number of rotatable bonds is 6. The highest BCUT2D eigenvalue weighted by molar-refractivity contribution is 5.78.